The quantitative estimate of drug-likeness (QED) is 0.418. The van der Waals surface area contributed by atoms with Gasteiger partial charge in [-0.3, -0.25) is 0 Å². The molecule has 30 heavy (non-hydrogen) atoms. The molecule has 0 spiro atoms. The van der Waals surface area contributed by atoms with Crippen LogP contribution in [-0.2, 0) is 21.4 Å². The number of nitrogens with one attached hydrogen (secondary N) is 1. The fraction of sp³-hybridized carbons (Fsp3) is 0.174. The highest BCUT2D eigenvalue weighted by Gasteiger charge is 2.13. The Morgan fingerprint density at radius 2 is 1.57 bits per heavy atom. The van der Waals surface area contributed by atoms with E-state index in [1.807, 2.05) is 37.3 Å². The largest absolute Gasteiger partial charge is 0.489 e. The van der Waals surface area contributed by atoms with Crippen molar-refractivity contribution >= 4 is 16.0 Å². The minimum atomic E-state index is -3.63. The first-order chi connectivity index (χ1) is 14.4. The Morgan fingerprint density at radius 3 is 2.23 bits per heavy atom. The maximum Gasteiger partial charge on any atom is 0.338 e. The zero-order valence-electron chi connectivity index (χ0n) is 16.6. The Kier molecular flexibility index (Phi) is 7.21. The normalized spacial score (nSPS) is 11.1. The van der Waals surface area contributed by atoms with Gasteiger partial charge in [0.25, 0.3) is 0 Å². The molecule has 0 saturated heterocycles. The minimum Gasteiger partial charge on any atom is -0.489 e. The van der Waals surface area contributed by atoms with Gasteiger partial charge >= 0.3 is 5.97 Å². The zero-order chi connectivity index (χ0) is 21.4. The summed E-state index contributed by atoms with van der Waals surface area (Å²) in [4.78, 5) is 12.3. The molecule has 7 heteroatoms. The van der Waals surface area contributed by atoms with Crippen molar-refractivity contribution in [2.24, 2.45) is 0 Å². The van der Waals surface area contributed by atoms with Crippen LogP contribution in [-0.4, -0.2) is 27.5 Å². The van der Waals surface area contributed by atoms with Gasteiger partial charge in [0.2, 0.25) is 10.0 Å². The number of hydrogen-bond donors (Lipinski definition) is 1. The molecule has 156 valence electrons. The standard InChI is InChI=1S/C23H23NO5S/c1-18-7-13-22(14-8-18)30(26,27)24-15-16-28-23(25)20-9-11-21(12-10-20)29-17-19-5-3-2-4-6-19/h2-14,24H,15-17H2,1H3. The van der Waals surface area contributed by atoms with Gasteiger partial charge in [-0.1, -0.05) is 48.0 Å². The first-order valence-corrected chi connectivity index (χ1v) is 10.9. The Bertz CT molecular complexity index is 1060. The third-order valence-corrected chi connectivity index (χ3v) is 5.77. The smallest absolute Gasteiger partial charge is 0.338 e. The molecular formula is C23H23NO5S. The maximum atomic E-state index is 12.2. The summed E-state index contributed by atoms with van der Waals surface area (Å²) in [6, 6.07) is 22.9. The highest BCUT2D eigenvalue weighted by atomic mass is 32.2. The number of carbonyl (C=O) groups excluding carboxylic acids is 1. The highest BCUT2D eigenvalue weighted by Crippen LogP contribution is 2.15. The van der Waals surface area contributed by atoms with Crippen LogP contribution < -0.4 is 9.46 Å². The molecule has 0 aromatic heterocycles. The van der Waals surface area contributed by atoms with Crippen LogP contribution >= 0.6 is 0 Å². The lowest BCUT2D eigenvalue weighted by Gasteiger charge is -2.09. The molecular weight excluding hydrogens is 402 g/mol. The summed E-state index contributed by atoms with van der Waals surface area (Å²) in [7, 11) is -3.63. The van der Waals surface area contributed by atoms with Crippen LogP contribution in [0, 0.1) is 6.92 Å². The number of rotatable bonds is 9. The molecule has 0 atom stereocenters. The summed E-state index contributed by atoms with van der Waals surface area (Å²) in [5, 5.41) is 0. The topological polar surface area (TPSA) is 81.7 Å². The number of hydrogen-bond acceptors (Lipinski definition) is 5. The van der Waals surface area contributed by atoms with Crippen molar-refractivity contribution in [2.45, 2.75) is 18.4 Å². The van der Waals surface area contributed by atoms with Gasteiger partial charge in [0.1, 0.15) is 19.0 Å². The van der Waals surface area contributed by atoms with Gasteiger partial charge in [0, 0.05) is 6.54 Å². The van der Waals surface area contributed by atoms with Crippen LogP contribution in [0.3, 0.4) is 0 Å². The van der Waals surface area contributed by atoms with E-state index in [1.165, 1.54) is 12.1 Å². The van der Waals surface area contributed by atoms with Gasteiger partial charge < -0.3 is 9.47 Å². The van der Waals surface area contributed by atoms with Crippen molar-refractivity contribution in [3.8, 4) is 5.75 Å². The predicted octanol–water partition coefficient (Wildman–Crippen LogP) is 3.71. The fourth-order valence-electron chi connectivity index (χ4n) is 2.63. The van der Waals surface area contributed by atoms with E-state index >= 15 is 0 Å². The average Bonchev–Trinajstić information content (AvgIpc) is 2.76. The predicted molar refractivity (Wildman–Crippen MR) is 114 cm³/mol. The minimum absolute atomic E-state index is 0.0137. The summed E-state index contributed by atoms with van der Waals surface area (Å²) < 4.78 is 37.6. The Morgan fingerprint density at radius 1 is 0.900 bits per heavy atom. The maximum absolute atomic E-state index is 12.2. The molecule has 6 nitrogen and oxygen atoms in total. The van der Waals surface area contributed by atoms with Crippen molar-refractivity contribution in [2.75, 3.05) is 13.2 Å². The monoisotopic (exact) mass is 425 g/mol. The van der Waals surface area contributed by atoms with Crippen molar-refractivity contribution < 1.29 is 22.7 Å². The summed E-state index contributed by atoms with van der Waals surface area (Å²) in [6.45, 7) is 2.23. The molecule has 0 aliphatic heterocycles. The molecule has 0 aliphatic carbocycles. The number of ether oxygens (including phenoxy) is 2. The molecule has 0 unspecified atom stereocenters. The van der Waals surface area contributed by atoms with Crippen LogP contribution in [0.5, 0.6) is 5.75 Å². The molecule has 3 aromatic rings. The van der Waals surface area contributed by atoms with Gasteiger partial charge in [0.05, 0.1) is 10.5 Å². The second-order valence-electron chi connectivity index (χ2n) is 6.65. The van der Waals surface area contributed by atoms with Crippen molar-refractivity contribution in [3.63, 3.8) is 0 Å². The SMILES string of the molecule is Cc1ccc(S(=O)(=O)NCCOC(=O)c2ccc(OCc3ccccc3)cc2)cc1. The summed E-state index contributed by atoms with van der Waals surface area (Å²) in [6.07, 6.45) is 0. The van der Waals surface area contributed by atoms with Crippen molar-refractivity contribution in [1.82, 2.24) is 4.72 Å². The van der Waals surface area contributed by atoms with Gasteiger partial charge in [-0.05, 0) is 48.9 Å². The second-order valence-corrected chi connectivity index (χ2v) is 8.41. The van der Waals surface area contributed by atoms with Crippen LogP contribution in [0.25, 0.3) is 0 Å². The van der Waals surface area contributed by atoms with E-state index in [9.17, 15) is 13.2 Å². The van der Waals surface area contributed by atoms with Crippen LogP contribution in [0.15, 0.2) is 83.8 Å². The number of benzene rings is 3. The third kappa shape index (κ3) is 6.17. The van der Waals surface area contributed by atoms with E-state index in [2.05, 4.69) is 4.72 Å². The number of esters is 1. The molecule has 1 N–H and O–H groups in total. The number of sulfonamides is 1. The first kappa shape index (κ1) is 21.5. The van der Waals surface area contributed by atoms with Crippen molar-refractivity contribution in [3.05, 3.63) is 95.6 Å². The van der Waals surface area contributed by atoms with Crippen LogP contribution in [0.4, 0.5) is 0 Å². The van der Waals surface area contributed by atoms with E-state index in [-0.39, 0.29) is 18.0 Å². The molecule has 3 aromatic carbocycles. The van der Waals surface area contributed by atoms with E-state index in [1.54, 1.807) is 36.4 Å². The van der Waals surface area contributed by atoms with E-state index in [0.717, 1.165) is 11.1 Å². The van der Waals surface area contributed by atoms with Crippen LogP contribution in [0.1, 0.15) is 21.5 Å². The van der Waals surface area contributed by atoms with Crippen LogP contribution in [0.2, 0.25) is 0 Å². The fourth-order valence-corrected chi connectivity index (χ4v) is 3.65. The lowest BCUT2D eigenvalue weighted by Crippen LogP contribution is -2.28. The molecule has 0 bridgehead atoms. The summed E-state index contributed by atoms with van der Waals surface area (Å²) in [5.41, 5.74) is 2.39. The Hall–Kier alpha value is -3.16. The summed E-state index contributed by atoms with van der Waals surface area (Å²) >= 11 is 0. The molecule has 0 heterocycles. The van der Waals surface area contributed by atoms with E-state index < -0.39 is 16.0 Å². The van der Waals surface area contributed by atoms with E-state index in [0.29, 0.717) is 17.9 Å². The highest BCUT2D eigenvalue weighted by molar-refractivity contribution is 7.89. The van der Waals surface area contributed by atoms with Gasteiger partial charge in [-0.25, -0.2) is 17.9 Å². The van der Waals surface area contributed by atoms with Gasteiger partial charge in [-0.2, -0.15) is 0 Å². The van der Waals surface area contributed by atoms with E-state index in [4.69, 9.17) is 9.47 Å². The third-order valence-electron chi connectivity index (χ3n) is 4.30. The van der Waals surface area contributed by atoms with Gasteiger partial charge in [-0.15, -0.1) is 0 Å². The number of carbonyl (C=O) groups is 1. The molecule has 0 radical (unpaired) electrons. The molecule has 0 saturated carbocycles. The second kappa shape index (κ2) is 10.0. The Balaban J connectivity index is 1.44. The summed E-state index contributed by atoms with van der Waals surface area (Å²) in [5.74, 6) is 0.111. The average molecular weight is 426 g/mol. The van der Waals surface area contributed by atoms with Crippen molar-refractivity contribution in [1.29, 1.82) is 0 Å². The molecule has 3 rings (SSSR count). The Labute approximate surface area is 176 Å². The molecule has 0 fully saturated rings. The zero-order valence-corrected chi connectivity index (χ0v) is 17.4. The number of aryl methyl sites for hydroxylation is 1. The molecule has 0 aliphatic rings. The first-order valence-electron chi connectivity index (χ1n) is 9.44. The molecule has 0 amide bonds. The van der Waals surface area contributed by atoms with Gasteiger partial charge in [0.15, 0.2) is 0 Å². The lowest BCUT2D eigenvalue weighted by atomic mass is 10.2. The lowest BCUT2D eigenvalue weighted by molar-refractivity contribution is 0.0513.